The number of aryl methyl sites for hydroxylation is 2. The maximum absolute atomic E-state index is 13.6. The number of halogens is 4. The van der Waals surface area contributed by atoms with Gasteiger partial charge in [0.15, 0.2) is 0 Å². The summed E-state index contributed by atoms with van der Waals surface area (Å²) in [6.45, 7) is 4.03. The van der Waals surface area contributed by atoms with Crippen LogP contribution < -0.4 is 16.7 Å². The quantitative estimate of drug-likeness (QED) is 0.291. The number of carbonyl (C=O) groups excluding carboxylic acids is 1. The number of alkyl halides is 3. The number of amides is 1. The van der Waals surface area contributed by atoms with Crippen molar-refractivity contribution in [2.45, 2.75) is 51.9 Å². The lowest BCUT2D eigenvalue weighted by Crippen LogP contribution is -2.36. The molecule has 7 nitrogen and oxygen atoms in total. The van der Waals surface area contributed by atoms with Crippen LogP contribution in [0.15, 0.2) is 59.4 Å². The Hall–Kier alpha value is -3.63. The van der Waals surface area contributed by atoms with E-state index < -0.39 is 29.4 Å². The van der Waals surface area contributed by atoms with Gasteiger partial charge >= 0.3 is 11.9 Å². The number of hydrogen-bond acceptors (Lipinski definition) is 4. The fourth-order valence-electron chi connectivity index (χ4n) is 4.56. The molecule has 0 spiro atoms. The fraction of sp³-hybridized carbons (Fsp3) is 0.321. The second-order valence-electron chi connectivity index (χ2n) is 9.32. The van der Waals surface area contributed by atoms with Gasteiger partial charge in [0.1, 0.15) is 0 Å². The monoisotopic (exact) mass is 559 g/mol. The van der Waals surface area contributed by atoms with Gasteiger partial charge in [0.25, 0.3) is 5.91 Å². The molecule has 0 saturated carbocycles. The van der Waals surface area contributed by atoms with E-state index in [0.717, 1.165) is 17.7 Å². The van der Waals surface area contributed by atoms with E-state index in [1.54, 1.807) is 13.0 Å². The van der Waals surface area contributed by atoms with Crippen molar-refractivity contribution in [3.8, 4) is 0 Å². The number of carbonyl (C=O) groups is 1. The molecule has 0 aliphatic heterocycles. The number of aromatic nitrogens is 3. The SMILES string of the molecule is CCC(NC(=O)c1ccc(C(F)(F)F)cc1CCCN)c1cc2c(Cl)c(C)nn2c(=O)n1Cc1ccccc1. The highest BCUT2D eigenvalue weighted by molar-refractivity contribution is 6.34. The van der Waals surface area contributed by atoms with E-state index in [1.165, 1.54) is 15.1 Å². The van der Waals surface area contributed by atoms with E-state index in [1.807, 2.05) is 37.3 Å². The van der Waals surface area contributed by atoms with Crippen LogP contribution in [-0.2, 0) is 19.1 Å². The average molecular weight is 560 g/mol. The Morgan fingerprint density at radius 3 is 2.51 bits per heavy atom. The lowest BCUT2D eigenvalue weighted by atomic mass is 9.98. The predicted molar refractivity (Wildman–Crippen MR) is 144 cm³/mol. The van der Waals surface area contributed by atoms with Crippen LogP contribution in [0.4, 0.5) is 13.2 Å². The first-order chi connectivity index (χ1) is 18.5. The van der Waals surface area contributed by atoms with Gasteiger partial charge in [-0.2, -0.15) is 22.8 Å². The number of nitrogens with two attached hydrogens (primary N) is 1. The molecule has 11 heteroatoms. The van der Waals surface area contributed by atoms with Crippen LogP contribution in [0.2, 0.25) is 5.02 Å². The molecule has 1 atom stereocenters. The molecule has 0 saturated heterocycles. The molecule has 4 rings (SSSR count). The van der Waals surface area contributed by atoms with Crippen LogP contribution >= 0.6 is 11.6 Å². The molecule has 39 heavy (non-hydrogen) atoms. The Labute approximate surface area is 228 Å². The van der Waals surface area contributed by atoms with Crippen LogP contribution in [0.3, 0.4) is 0 Å². The Morgan fingerprint density at radius 2 is 1.87 bits per heavy atom. The Kier molecular flexibility index (Phi) is 8.46. The summed E-state index contributed by atoms with van der Waals surface area (Å²) in [5.41, 5.74) is 6.99. The molecule has 4 aromatic rings. The molecule has 0 radical (unpaired) electrons. The van der Waals surface area contributed by atoms with E-state index in [-0.39, 0.29) is 30.6 Å². The van der Waals surface area contributed by atoms with Crippen LogP contribution in [0.1, 0.15) is 64.2 Å². The van der Waals surface area contributed by atoms with Crippen molar-refractivity contribution in [3.05, 3.63) is 104 Å². The van der Waals surface area contributed by atoms with Gasteiger partial charge in [-0.15, -0.1) is 0 Å². The zero-order valence-corrected chi connectivity index (χ0v) is 22.3. The van der Waals surface area contributed by atoms with Gasteiger partial charge in [-0.05, 0) is 68.1 Å². The standard InChI is InChI=1S/C28H29ClF3N5O2/c1-3-22(34-26(38)21-12-11-20(28(30,31)32)14-19(21)10-7-13-33)23-15-24-25(29)17(2)35-37(24)27(39)36(23)16-18-8-5-4-6-9-18/h4-6,8-9,11-12,14-15,22H,3,7,10,13,16,33H2,1-2H3,(H,34,38). The lowest BCUT2D eigenvalue weighted by Gasteiger charge is -2.23. The molecule has 3 N–H and O–H groups in total. The van der Waals surface area contributed by atoms with E-state index in [0.29, 0.717) is 34.8 Å². The molecule has 0 bridgehead atoms. The van der Waals surface area contributed by atoms with Crippen molar-refractivity contribution in [2.75, 3.05) is 6.54 Å². The Bertz CT molecular complexity index is 1550. The molecule has 0 aliphatic carbocycles. The first kappa shape index (κ1) is 28.4. The summed E-state index contributed by atoms with van der Waals surface area (Å²) in [4.78, 5) is 27.0. The average Bonchev–Trinajstić information content (AvgIpc) is 3.20. The molecule has 2 aromatic carbocycles. The fourth-order valence-corrected chi connectivity index (χ4v) is 4.74. The van der Waals surface area contributed by atoms with E-state index in [2.05, 4.69) is 10.4 Å². The number of rotatable bonds is 9. The van der Waals surface area contributed by atoms with Crippen molar-refractivity contribution in [2.24, 2.45) is 5.73 Å². The van der Waals surface area contributed by atoms with Gasteiger partial charge in [-0.25, -0.2) is 4.79 Å². The summed E-state index contributed by atoms with van der Waals surface area (Å²) in [5, 5.41) is 7.54. The molecule has 2 heterocycles. The number of hydrogen-bond donors (Lipinski definition) is 2. The number of fused-ring (bicyclic) bond motifs is 1. The van der Waals surface area contributed by atoms with Crippen LogP contribution in [0.25, 0.3) is 5.52 Å². The van der Waals surface area contributed by atoms with Crippen molar-refractivity contribution >= 4 is 23.0 Å². The maximum atomic E-state index is 13.6. The molecular weight excluding hydrogens is 531 g/mol. The smallest absolute Gasteiger partial charge is 0.344 e. The summed E-state index contributed by atoms with van der Waals surface area (Å²) < 4.78 is 42.8. The number of nitrogens with one attached hydrogen (secondary N) is 1. The zero-order chi connectivity index (χ0) is 28.3. The van der Waals surface area contributed by atoms with Crippen LogP contribution in [-0.4, -0.2) is 26.6 Å². The molecule has 0 aliphatic rings. The predicted octanol–water partition coefficient (Wildman–Crippen LogP) is 5.30. The van der Waals surface area contributed by atoms with Gasteiger partial charge in [-0.3, -0.25) is 9.36 Å². The van der Waals surface area contributed by atoms with E-state index in [4.69, 9.17) is 17.3 Å². The zero-order valence-electron chi connectivity index (χ0n) is 21.6. The topological polar surface area (TPSA) is 94.4 Å². The van der Waals surface area contributed by atoms with Gasteiger partial charge in [0, 0.05) is 11.3 Å². The minimum atomic E-state index is -4.54. The van der Waals surface area contributed by atoms with Gasteiger partial charge in [0.05, 0.1) is 34.4 Å². The Balaban J connectivity index is 1.78. The summed E-state index contributed by atoms with van der Waals surface area (Å²) >= 11 is 6.45. The highest BCUT2D eigenvalue weighted by atomic mass is 35.5. The Morgan fingerprint density at radius 1 is 1.15 bits per heavy atom. The number of benzene rings is 2. The molecule has 0 fully saturated rings. The molecule has 206 valence electrons. The minimum Gasteiger partial charge on any atom is -0.344 e. The summed E-state index contributed by atoms with van der Waals surface area (Å²) in [7, 11) is 0. The summed E-state index contributed by atoms with van der Waals surface area (Å²) in [6.07, 6.45) is -3.50. The van der Waals surface area contributed by atoms with E-state index >= 15 is 0 Å². The first-order valence-corrected chi connectivity index (χ1v) is 13.0. The van der Waals surface area contributed by atoms with Crippen molar-refractivity contribution in [3.63, 3.8) is 0 Å². The first-order valence-electron chi connectivity index (χ1n) is 12.6. The molecular formula is C28H29ClF3N5O2. The second kappa shape index (κ2) is 11.6. The third-order valence-electron chi connectivity index (χ3n) is 6.61. The minimum absolute atomic E-state index is 0.131. The molecule has 2 aromatic heterocycles. The molecule has 1 unspecified atom stereocenters. The summed E-state index contributed by atoms with van der Waals surface area (Å²) in [6, 6.07) is 13.5. The van der Waals surface area contributed by atoms with Crippen molar-refractivity contribution < 1.29 is 18.0 Å². The van der Waals surface area contributed by atoms with Crippen molar-refractivity contribution in [1.29, 1.82) is 0 Å². The second-order valence-corrected chi connectivity index (χ2v) is 9.69. The van der Waals surface area contributed by atoms with Crippen molar-refractivity contribution in [1.82, 2.24) is 19.5 Å². The van der Waals surface area contributed by atoms with Gasteiger partial charge in [0.2, 0.25) is 0 Å². The van der Waals surface area contributed by atoms with E-state index in [9.17, 15) is 22.8 Å². The molecule has 1 amide bonds. The summed E-state index contributed by atoms with van der Waals surface area (Å²) in [5.74, 6) is -0.544. The van der Waals surface area contributed by atoms with Crippen LogP contribution in [0, 0.1) is 6.92 Å². The van der Waals surface area contributed by atoms with Gasteiger partial charge < -0.3 is 11.1 Å². The van der Waals surface area contributed by atoms with Crippen LogP contribution in [0.5, 0.6) is 0 Å². The highest BCUT2D eigenvalue weighted by Crippen LogP contribution is 2.31. The third-order valence-corrected chi connectivity index (χ3v) is 7.08. The lowest BCUT2D eigenvalue weighted by molar-refractivity contribution is -0.137. The third kappa shape index (κ3) is 6.02. The number of nitrogens with zero attached hydrogens (tertiary/aromatic N) is 3. The maximum Gasteiger partial charge on any atom is 0.416 e. The van der Waals surface area contributed by atoms with Gasteiger partial charge in [-0.1, -0.05) is 48.9 Å². The largest absolute Gasteiger partial charge is 0.416 e. The highest BCUT2D eigenvalue weighted by Gasteiger charge is 2.32. The normalized spacial score (nSPS) is 12.6.